The van der Waals surface area contributed by atoms with Crippen LogP contribution in [-0.2, 0) is 6.54 Å². The van der Waals surface area contributed by atoms with Crippen LogP contribution in [0.4, 0.5) is 5.69 Å². The van der Waals surface area contributed by atoms with Gasteiger partial charge in [0.15, 0.2) is 0 Å². The summed E-state index contributed by atoms with van der Waals surface area (Å²) >= 11 is 0. The molecule has 5 nitrogen and oxygen atoms in total. The molecule has 0 bridgehead atoms. The highest BCUT2D eigenvalue weighted by Gasteiger charge is 2.08. The number of benzene rings is 1. The molecule has 0 unspecified atom stereocenters. The highest BCUT2D eigenvalue weighted by molar-refractivity contribution is 5.82. The van der Waals surface area contributed by atoms with E-state index in [1.54, 1.807) is 12.1 Å². The summed E-state index contributed by atoms with van der Waals surface area (Å²) in [6.07, 6.45) is 3.05. The first-order valence-corrected chi connectivity index (χ1v) is 5.96. The molecule has 5 heteroatoms. The first kappa shape index (κ1) is 12.6. The number of nitro groups is 1. The van der Waals surface area contributed by atoms with Gasteiger partial charge in [-0.15, -0.1) is 0 Å². The van der Waals surface area contributed by atoms with E-state index in [0.717, 1.165) is 30.4 Å². The number of hydrogen-bond donors (Lipinski definition) is 0. The van der Waals surface area contributed by atoms with Crippen molar-refractivity contribution in [1.29, 1.82) is 0 Å². The highest BCUT2D eigenvalue weighted by atomic mass is 16.6. The minimum atomic E-state index is -0.358. The van der Waals surface area contributed by atoms with E-state index in [2.05, 4.69) is 23.6 Å². The van der Waals surface area contributed by atoms with Crippen LogP contribution in [0.2, 0.25) is 0 Å². The molecule has 0 radical (unpaired) electrons. The summed E-state index contributed by atoms with van der Waals surface area (Å²) in [7, 11) is 4.11. The summed E-state index contributed by atoms with van der Waals surface area (Å²) in [5.74, 6) is 0. The Labute approximate surface area is 106 Å². The van der Waals surface area contributed by atoms with Crippen molar-refractivity contribution in [1.82, 2.24) is 9.47 Å². The lowest BCUT2D eigenvalue weighted by molar-refractivity contribution is -0.384. The van der Waals surface area contributed by atoms with E-state index < -0.39 is 0 Å². The van der Waals surface area contributed by atoms with Crippen molar-refractivity contribution < 1.29 is 4.92 Å². The van der Waals surface area contributed by atoms with E-state index in [0.29, 0.717) is 0 Å². The van der Waals surface area contributed by atoms with Gasteiger partial charge >= 0.3 is 0 Å². The third-order valence-corrected chi connectivity index (χ3v) is 2.97. The molecule has 0 N–H and O–H groups in total. The van der Waals surface area contributed by atoms with Gasteiger partial charge in [0.2, 0.25) is 0 Å². The van der Waals surface area contributed by atoms with Crippen molar-refractivity contribution in [3.8, 4) is 0 Å². The van der Waals surface area contributed by atoms with E-state index in [4.69, 9.17) is 0 Å². The summed E-state index contributed by atoms with van der Waals surface area (Å²) in [5.41, 5.74) is 1.20. The molecular formula is C13H17N3O2. The molecule has 1 heterocycles. The third kappa shape index (κ3) is 2.68. The van der Waals surface area contributed by atoms with E-state index in [1.807, 2.05) is 18.3 Å². The summed E-state index contributed by atoms with van der Waals surface area (Å²) in [5, 5.41) is 11.6. The maximum absolute atomic E-state index is 10.7. The number of nitro benzene ring substituents is 1. The molecule has 0 fully saturated rings. The molecule has 96 valence electrons. The van der Waals surface area contributed by atoms with Crippen LogP contribution in [0.1, 0.15) is 6.42 Å². The van der Waals surface area contributed by atoms with Gasteiger partial charge < -0.3 is 9.47 Å². The maximum atomic E-state index is 10.7. The van der Waals surface area contributed by atoms with Gasteiger partial charge in [0.1, 0.15) is 0 Å². The summed E-state index contributed by atoms with van der Waals surface area (Å²) in [6, 6.07) is 6.93. The SMILES string of the molecule is CN(C)CCCn1ccc2cc([N+](=O)[O-])ccc21. The molecule has 2 rings (SSSR count). The average Bonchev–Trinajstić information content (AvgIpc) is 2.71. The minimum absolute atomic E-state index is 0.147. The molecule has 0 amide bonds. The number of rotatable bonds is 5. The predicted molar refractivity (Wildman–Crippen MR) is 71.8 cm³/mol. The van der Waals surface area contributed by atoms with Gasteiger partial charge in [0, 0.05) is 35.8 Å². The first-order chi connectivity index (χ1) is 8.58. The molecule has 18 heavy (non-hydrogen) atoms. The van der Waals surface area contributed by atoms with E-state index in [9.17, 15) is 10.1 Å². The maximum Gasteiger partial charge on any atom is 0.270 e. The van der Waals surface area contributed by atoms with E-state index in [-0.39, 0.29) is 10.6 Å². The van der Waals surface area contributed by atoms with Crippen LogP contribution in [0.5, 0.6) is 0 Å². The van der Waals surface area contributed by atoms with Crippen LogP contribution >= 0.6 is 0 Å². The monoisotopic (exact) mass is 247 g/mol. The number of hydrogen-bond acceptors (Lipinski definition) is 3. The summed E-state index contributed by atoms with van der Waals surface area (Å²) in [6.45, 7) is 1.96. The number of fused-ring (bicyclic) bond motifs is 1. The zero-order valence-electron chi connectivity index (χ0n) is 10.7. The molecule has 0 aliphatic carbocycles. The van der Waals surface area contributed by atoms with Crippen LogP contribution < -0.4 is 0 Å². The quantitative estimate of drug-likeness (QED) is 0.602. The second-order valence-electron chi connectivity index (χ2n) is 4.67. The zero-order valence-corrected chi connectivity index (χ0v) is 10.7. The van der Waals surface area contributed by atoms with Crippen LogP contribution in [0.15, 0.2) is 30.5 Å². The van der Waals surface area contributed by atoms with Crippen LogP contribution in [0.3, 0.4) is 0 Å². The van der Waals surface area contributed by atoms with Gasteiger partial charge in [-0.25, -0.2) is 0 Å². The van der Waals surface area contributed by atoms with Gasteiger partial charge in [0.25, 0.3) is 5.69 Å². The highest BCUT2D eigenvalue weighted by Crippen LogP contribution is 2.22. The van der Waals surface area contributed by atoms with Gasteiger partial charge in [-0.2, -0.15) is 0 Å². The second kappa shape index (κ2) is 5.18. The summed E-state index contributed by atoms with van der Waals surface area (Å²) < 4.78 is 2.14. The van der Waals surface area contributed by atoms with Gasteiger partial charge in [0.05, 0.1) is 4.92 Å². The molecule has 0 atom stereocenters. The van der Waals surface area contributed by atoms with Crippen molar-refractivity contribution in [2.75, 3.05) is 20.6 Å². The topological polar surface area (TPSA) is 51.3 Å². The van der Waals surface area contributed by atoms with Crippen molar-refractivity contribution in [3.63, 3.8) is 0 Å². The molecule has 0 saturated carbocycles. The molecule has 1 aromatic carbocycles. The van der Waals surface area contributed by atoms with Gasteiger partial charge in [-0.1, -0.05) is 0 Å². The molecule has 0 aliphatic rings. The predicted octanol–water partition coefficient (Wildman–Crippen LogP) is 2.50. The Morgan fingerprint density at radius 3 is 2.78 bits per heavy atom. The molecule has 1 aromatic heterocycles. The number of aryl methyl sites for hydroxylation is 1. The second-order valence-corrected chi connectivity index (χ2v) is 4.67. The van der Waals surface area contributed by atoms with Crippen molar-refractivity contribution in [2.45, 2.75) is 13.0 Å². The third-order valence-electron chi connectivity index (χ3n) is 2.97. The van der Waals surface area contributed by atoms with Crippen LogP contribution in [-0.4, -0.2) is 35.0 Å². The van der Waals surface area contributed by atoms with E-state index in [1.165, 1.54) is 0 Å². The minimum Gasteiger partial charge on any atom is -0.347 e. The van der Waals surface area contributed by atoms with Crippen LogP contribution in [0, 0.1) is 10.1 Å². The Hall–Kier alpha value is -1.88. The fourth-order valence-corrected chi connectivity index (χ4v) is 2.05. The fourth-order valence-electron chi connectivity index (χ4n) is 2.05. The number of non-ortho nitro benzene ring substituents is 1. The Morgan fingerprint density at radius 1 is 1.33 bits per heavy atom. The lowest BCUT2D eigenvalue weighted by Crippen LogP contribution is -2.14. The fraction of sp³-hybridized carbons (Fsp3) is 0.385. The van der Waals surface area contributed by atoms with Gasteiger partial charge in [-0.3, -0.25) is 10.1 Å². The Balaban J connectivity index is 2.18. The van der Waals surface area contributed by atoms with E-state index >= 15 is 0 Å². The lowest BCUT2D eigenvalue weighted by Gasteiger charge is -2.10. The Morgan fingerprint density at radius 2 is 2.11 bits per heavy atom. The van der Waals surface area contributed by atoms with Crippen molar-refractivity contribution >= 4 is 16.6 Å². The molecule has 2 aromatic rings. The smallest absolute Gasteiger partial charge is 0.270 e. The Kier molecular flexibility index (Phi) is 3.62. The lowest BCUT2D eigenvalue weighted by atomic mass is 10.2. The standard InChI is InChI=1S/C13H17N3O2/c1-14(2)7-3-8-15-9-6-11-10-12(16(17)18)4-5-13(11)15/h4-6,9-10H,3,7-8H2,1-2H3. The van der Waals surface area contributed by atoms with Crippen molar-refractivity contribution in [3.05, 3.63) is 40.6 Å². The molecular weight excluding hydrogens is 230 g/mol. The van der Waals surface area contributed by atoms with Gasteiger partial charge in [-0.05, 0) is 39.2 Å². The van der Waals surface area contributed by atoms with Crippen LogP contribution in [0.25, 0.3) is 10.9 Å². The molecule has 0 spiro atoms. The number of aromatic nitrogens is 1. The Bertz CT molecular complexity index is 560. The number of nitrogens with zero attached hydrogens (tertiary/aromatic N) is 3. The largest absolute Gasteiger partial charge is 0.347 e. The molecule has 0 saturated heterocycles. The van der Waals surface area contributed by atoms with Crippen molar-refractivity contribution in [2.24, 2.45) is 0 Å². The zero-order chi connectivity index (χ0) is 13.1. The normalized spacial score (nSPS) is 11.3. The molecule has 0 aliphatic heterocycles. The summed E-state index contributed by atoms with van der Waals surface area (Å²) in [4.78, 5) is 12.5. The average molecular weight is 247 g/mol. The first-order valence-electron chi connectivity index (χ1n) is 5.96.